The molecule has 4 heteroatoms. The van der Waals surface area contributed by atoms with E-state index in [1.807, 2.05) is 12.1 Å². The van der Waals surface area contributed by atoms with Gasteiger partial charge in [0.15, 0.2) is 0 Å². The number of nitrogens with two attached hydrogens (primary N) is 1. The van der Waals surface area contributed by atoms with Gasteiger partial charge in [-0.15, -0.1) is 0 Å². The molecule has 0 unspecified atom stereocenters. The van der Waals surface area contributed by atoms with E-state index in [4.69, 9.17) is 5.73 Å². The maximum absolute atomic E-state index is 12.1. The number of benzene rings is 1. The van der Waals surface area contributed by atoms with Gasteiger partial charge in [-0.3, -0.25) is 4.79 Å². The van der Waals surface area contributed by atoms with Crippen LogP contribution in [0.4, 0.5) is 5.69 Å². The topological polar surface area (TPSA) is 75.4 Å². The molecular formula is C15H22N2O2. The summed E-state index contributed by atoms with van der Waals surface area (Å²) in [5.74, 6) is -0.0271. The summed E-state index contributed by atoms with van der Waals surface area (Å²) >= 11 is 0. The lowest BCUT2D eigenvalue weighted by atomic mass is 9.82. The van der Waals surface area contributed by atoms with Crippen LogP contribution in [0.3, 0.4) is 0 Å². The van der Waals surface area contributed by atoms with E-state index >= 15 is 0 Å². The standard InChI is InChI=1S/C15H22N2O2/c16-13-6-4-12(5-7-13)10-14(19)17-15(11-18)8-2-1-3-9-15/h4-7,18H,1-3,8-11,16H2,(H,17,19). The Kier molecular flexibility index (Phi) is 4.43. The summed E-state index contributed by atoms with van der Waals surface area (Å²) in [4.78, 5) is 12.1. The summed E-state index contributed by atoms with van der Waals surface area (Å²) in [6.07, 6.45) is 5.41. The second-order valence-electron chi connectivity index (χ2n) is 5.47. The second-order valence-corrected chi connectivity index (χ2v) is 5.47. The van der Waals surface area contributed by atoms with Crippen molar-refractivity contribution in [3.05, 3.63) is 29.8 Å². The third-order valence-electron chi connectivity index (χ3n) is 3.86. The molecule has 0 atom stereocenters. The number of nitrogens with one attached hydrogen (secondary N) is 1. The number of nitrogen functional groups attached to an aromatic ring is 1. The molecule has 0 bridgehead atoms. The number of aliphatic hydroxyl groups is 1. The number of amides is 1. The molecule has 4 nitrogen and oxygen atoms in total. The minimum atomic E-state index is -0.400. The van der Waals surface area contributed by atoms with Crippen LogP contribution >= 0.6 is 0 Å². The van der Waals surface area contributed by atoms with E-state index in [0.717, 1.165) is 31.2 Å². The molecule has 0 aliphatic heterocycles. The van der Waals surface area contributed by atoms with Crippen molar-refractivity contribution in [2.45, 2.75) is 44.1 Å². The summed E-state index contributed by atoms with van der Waals surface area (Å²) in [6, 6.07) is 7.32. The molecule has 0 spiro atoms. The summed E-state index contributed by atoms with van der Waals surface area (Å²) < 4.78 is 0. The van der Waals surface area contributed by atoms with Crippen molar-refractivity contribution < 1.29 is 9.90 Å². The first kappa shape index (κ1) is 13.9. The van der Waals surface area contributed by atoms with Crippen LogP contribution in [0, 0.1) is 0 Å². The fourth-order valence-corrected chi connectivity index (χ4v) is 2.71. The first-order chi connectivity index (χ1) is 9.13. The summed E-state index contributed by atoms with van der Waals surface area (Å²) in [5, 5.41) is 12.6. The summed E-state index contributed by atoms with van der Waals surface area (Å²) in [6.45, 7) is 0.0283. The molecule has 104 valence electrons. The van der Waals surface area contributed by atoms with Crippen molar-refractivity contribution in [3.8, 4) is 0 Å². The monoisotopic (exact) mass is 262 g/mol. The number of carbonyl (C=O) groups excluding carboxylic acids is 1. The van der Waals surface area contributed by atoms with Crippen molar-refractivity contribution in [3.63, 3.8) is 0 Å². The van der Waals surface area contributed by atoms with Crippen LogP contribution < -0.4 is 11.1 Å². The van der Waals surface area contributed by atoms with Gasteiger partial charge < -0.3 is 16.2 Å². The molecule has 1 aliphatic rings. The Balaban J connectivity index is 1.94. The van der Waals surface area contributed by atoms with E-state index < -0.39 is 5.54 Å². The molecule has 0 radical (unpaired) electrons. The van der Waals surface area contributed by atoms with Crippen LogP contribution in [0.1, 0.15) is 37.7 Å². The Bertz CT molecular complexity index is 422. The predicted octanol–water partition coefficient (Wildman–Crippen LogP) is 1.62. The van der Waals surface area contributed by atoms with Crippen molar-refractivity contribution in [1.82, 2.24) is 5.32 Å². The fraction of sp³-hybridized carbons (Fsp3) is 0.533. The third kappa shape index (κ3) is 3.70. The minimum Gasteiger partial charge on any atom is -0.399 e. The maximum Gasteiger partial charge on any atom is 0.224 e. The third-order valence-corrected chi connectivity index (χ3v) is 3.86. The Morgan fingerprint density at radius 1 is 1.21 bits per heavy atom. The van der Waals surface area contributed by atoms with E-state index in [2.05, 4.69) is 5.32 Å². The molecule has 1 aliphatic carbocycles. The molecule has 0 aromatic heterocycles. The van der Waals surface area contributed by atoms with Gasteiger partial charge in [0.1, 0.15) is 0 Å². The average molecular weight is 262 g/mol. The van der Waals surface area contributed by atoms with Gasteiger partial charge in [-0.1, -0.05) is 31.4 Å². The SMILES string of the molecule is Nc1ccc(CC(=O)NC2(CO)CCCCC2)cc1. The van der Waals surface area contributed by atoms with Gasteiger partial charge in [0.05, 0.1) is 18.6 Å². The molecular weight excluding hydrogens is 240 g/mol. The van der Waals surface area contributed by atoms with Crippen LogP contribution in [0.25, 0.3) is 0 Å². The Hall–Kier alpha value is -1.55. The zero-order valence-corrected chi connectivity index (χ0v) is 11.2. The Labute approximate surface area is 114 Å². The largest absolute Gasteiger partial charge is 0.399 e. The first-order valence-corrected chi connectivity index (χ1v) is 6.90. The average Bonchev–Trinajstić information content (AvgIpc) is 2.42. The fourth-order valence-electron chi connectivity index (χ4n) is 2.71. The van der Waals surface area contributed by atoms with Crippen LogP contribution in [0.2, 0.25) is 0 Å². The number of aliphatic hydroxyl groups excluding tert-OH is 1. The lowest BCUT2D eigenvalue weighted by Crippen LogP contribution is -2.52. The maximum atomic E-state index is 12.1. The predicted molar refractivity (Wildman–Crippen MR) is 75.6 cm³/mol. The van der Waals surface area contributed by atoms with Gasteiger partial charge in [-0.25, -0.2) is 0 Å². The Morgan fingerprint density at radius 2 is 1.84 bits per heavy atom. The number of carbonyl (C=O) groups is 1. The zero-order valence-electron chi connectivity index (χ0n) is 11.2. The van der Waals surface area contributed by atoms with Crippen LogP contribution in [0.15, 0.2) is 24.3 Å². The molecule has 1 fully saturated rings. The first-order valence-electron chi connectivity index (χ1n) is 6.90. The highest BCUT2D eigenvalue weighted by atomic mass is 16.3. The van der Waals surface area contributed by atoms with E-state index in [9.17, 15) is 9.90 Å². The highest BCUT2D eigenvalue weighted by Gasteiger charge is 2.32. The molecule has 1 amide bonds. The lowest BCUT2D eigenvalue weighted by Gasteiger charge is -2.36. The molecule has 1 aromatic carbocycles. The smallest absolute Gasteiger partial charge is 0.224 e. The molecule has 19 heavy (non-hydrogen) atoms. The highest BCUT2D eigenvalue weighted by molar-refractivity contribution is 5.79. The van der Waals surface area contributed by atoms with Gasteiger partial charge >= 0.3 is 0 Å². The lowest BCUT2D eigenvalue weighted by molar-refractivity contribution is -0.123. The van der Waals surface area contributed by atoms with Crippen molar-refractivity contribution in [1.29, 1.82) is 0 Å². The molecule has 1 aromatic rings. The molecule has 0 heterocycles. The van der Waals surface area contributed by atoms with E-state index in [1.54, 1.807) is 12.1 Å². The van der Waals surface area contributed by atoms with E-state index in [-0.39, 0.29) is 12.5 Å². The number of rotatable bonds is 4. The summed E-state index contributed by atoms with van der Waals surface area (Å²) in [5.41, 5.74) is 6.85. The van der Waals surface area contributed by atoms with Crippen molar-refractivity contribution in [2.75, 3.05) is 12.3 Å². The number of anilines is 1. The highest BCUT2D eigenvalue weighted by Crippen LogP contribution is 2.27. The molecule has 1 saturated carbocycles. The molecule has 0 saturated heterocycles. The zero-order chi connectivity index (χ0) is 13.7. The van der Waals surface area contributed by atoms with Crippen molar-refractivity contribution in [2.24, 2.45) is 0 Å². The quantitative estimate of drug-likeness (QED) is 0.722. The van der Waals surface area contributed by atoms with E-state index in [1.165, 1.54) is 6.42 Å². The van der Waals surface area contributed by atoms with Crippen LogP contribution in [0.5, 0.6) is 0 Å². The second kappa shape index (κ2) is 6.06. The van der Waals surface area contributed by atoms with Gasteiger partial charge in [0, 0.05) is 5.69 Å². The number of hydrogen-bond acceptors (Lipinski definition) is 3. The summed E-state index contributed by atoms with van der Waals surface area (Å²) in [7, 11) is 0. The van der Waals surface area contributed by atoms with Gasteiger partial charge in [0.25, 0.3) is 0 Å². The van der Waals surface area contributed by atoms with Crippen LogP contribution in [-0.4, -0.2) is 23.2 Å². The normalized spacial score (nSPS) is 17.9. The van der Waals surface area contributed by atoms with Gasteiger partial charge in [0.2, 0.25) is 5.91 Å². The molecule has 2 rings (SSSR count). The Morgan fingerprint density at radius 3 is 2.42 bits per heavy atom. The number of hydrogen-bond donors (Lipinski definition) is 3. The minimum absolute atomic E-state index is 0.0271. The van der Waals surface area contributed by atoms with E-state index in [0.29, 0.717) is 12.1 Å². The molecule has 4 N–H and O–H groups in total. The van der Waals surface area contributed by atoms with Gasteiger partial charge in [-0.05, 0) is 30.5 Å². The van der Waals surface area contributed by atoms with Crippen LogP contribution in [-0.2, 0) is 11.2 Å². The van der Waals surface area contributed by atoms with Crippen molar-refractivity contribution >= 4 is 11.6 Å². The van der Waals surface area contributed by atoms with Gasteiger partial charge in [-0.2, -0.15) is 0 Å².